The van der Waals surface area contributed by atoms with Gasteiger partial charge in [-0.25, -0.2) is 4.39 Å². The van der Waals surface area contributed by atoms with E-state index in [0.29, 0.717) is 31.5 Å². The number of hydrogen-bond donors (Lipinski definition) is 2. The number of para-hydroxylation sites is 1. The largest absolute Gasteiger partial charge is 0.394 e. The summed E-state index contributed by atoms with van der Waals surface area (Å²) in [6.07, 6.45) is 2.89. The Morgan fingerprint density at radius 2 is 2.04 bits per heavy atom. The van der Waals surface area contributed by atoms with Crippen LogP contribution in [0.4, 0.5) is 10.1 Å². The Bertz CT molecular complexity index is 509. The summed E-state index contributed by atoms with van der Waals surface area (Å²) in [5.41, 5.74) is 0.695. The number of aliphatic hydroxyl groups excluding tert-OH is 1. The molecule has 2 fully saturated rings. The third kappa shape index (κ3) is 4.45. The van der Waals surface area contributed by atoms with Crippen LogP contribution in [-0.2, 0) is 9.47 Å². The van der Waals surface area contributed by atoms with E-state index in [4.69, 9.17) is 14.6 Å². The molecule has 24 heavy (non-hydrogen) atoms. The fourth-order valence-electron chi connectivity index (χ4n) is 3.58. The van der Waals surface area contributed by atoms with Crippen LogP contribution in [0.25, 0.3) is 0 Å². The molecule has 2 aliphatic heterocycles. The molecule has 0 spiro atoms. The minimum atomic E-state index is -0.151. The van der Waals surface area contributed by atoms with Gasteiger partial charge in [-0.3, -0.25) is 0 Å². The number of halogens is 1. The first-order chi connectivity index (χ1) is 11.8. The third-order valence-electron chi connectivity index (χ3n) is 4.85. The normalized spacial score (nSPS) is 25.8. The summed E-state index contributed by atoms with van der Waals surface area (Å²) in [4.78, 5) is 2.12. The summed E-state index contributed by atoms with van der Waals surface area (Å²) < 4.78 is 25.2. The van der Waals surface area contributed by atoms with Gasteiger partial charge in [0.15, 0.2) is 0 Å². The number of piperidine rings is 1. The second-order valence-corrected chi connectivity index (χ2v) is 6.48. The lowest BCUT2D eigenvalue weighted by molar-refractivity contribution is -0.0662. The zero-order valence-electron chi connectivity index (χ0n) is 14.0. The van der Waals surface area contributed by atoms with Gasteiger partial charge in [-0.1, -0.05) is 12.1 Å². The van der Waals surface area contributed by atoms with Crippen LogP contribution in [0.3, 0.4) is 0 Å². The summed E-state index contributed by atoms with van der Waals surface area (Å²) in [5, 5.41) is 12.6. The van der Waals surface area contributed by atoms with E-state index in [-0.39, 0.29) is 24.6 Å². The van der Waals surface area contributed by atoms with Gasteiger partial charge < -0.3 is 24.8 Å². The highest BCUT2D eigenvalue weighted by atomic mass is 19.1. The van der Waals surface area contributed by atoms with Crippen LogP contribution in [0.15, 0.2) is 24.3 Å². The number of hydrogen-bond acceptors (Lipinski definition) is 5. The van der Waals surface area contributed by atoms with Crippen LogP contribution >= 0.6 is 0 Å². The lowest BCUT2D eigenvalue weighted by atomic mass is 10.00. The first-order valence-corrected chi connectivity index (χ1v) is 8.83. The molecular formula is C18H27FN2O3. The van der Waals surface area contributed by atoms with Crippen LogP contribution < -0.4 is 10.2 Å². The van der Waals surface area contributed by atoms with Gasteiger partial charge in [-0.05, 0) is 31.4 Å². The Labute approximate surface area is 142 Å². The maximum atomic E-state index is 13.9. The van der Waals surface area contributed by atoms with Gasteiger partial charge in [0.2, 0.25) is 0 Å². The molecule has 0 aromatic heterocycles. The molecule has 2 heterocycles. The fourth-order valence-corrected chi connectivity index (χ4v) is 3.58. The van der Waals surface area contributed by atoms with Crippen LogP contribution in [0.1, 0.15) is 19.3 Å². The van der Waals surface area contributed by atoms with E-state index in [1.165, 1.54) is 6.07 Å². The fraction of sp³-hybridized carbons (Fsp3) is 0.667. The maximum Gasteiger partial charge on any atom is 0.146 e. The molecule has 0 amide bonds. The quantitative estimate of drug-likeness (QED) is 0.824. The van der Waals surface area contributed by atoms with E-state index in [1.807, 2.05) is 12.1 Å². The first-order valence-electron chi connectivity index (χ1n) is 8.83. The van der Waals surface area contributed by atoms with Gasteiger partial charge in [0, 0.05) is 25.7 Å². The van der Waals surface area contributed by atoms with Crippen molar-refractivity contribution in [1.82, 2.24) is 5.32 Å². The molecule has 6 heteroatoms. The molecular weight excluding hydrogens is 311 g/mol. The Kier molecular flexibility index (Phi) is 6.43. The van der Waals surface area contributed by atoms with Gasteiger partial charge in [0.25, 0.3) is 0 Å². The van der Waals surface area contributed by atoms with Crippen molar-refractivity contribution < 1.29 is 19.0 Å². The number of anilines is 1. The Hall–Kier alpha value is -1.21. The second-order valence-electron chi connectivity index (χ2n) is 6.48. The molecule has 1 aromatic rings. The standard InChI is InChI=1S/C18H27FN2O3/c19-15-3-1-2-4-17(15)21-8-5-14(6-9-21)20-16-13-23-11-7-18(16)24-12-10-22/h1-4,14,16,18,20,22H,5-13H2/t16-,18+/m0/s1. The van der Waals surface area contributed by atoms with Crippen molar-refractivity contribution >= 4 is 5.69 Å². The van der Waals surface area contributed by atoms with Crippen LogP contribution in [0.5, 0.6) is 0 Å². The Morgan fingerprint density at radius 1 is 1.25 bits per heavy atom. The Balaban J connectivity index is 1.50. The number of benzene rings is 1. The van der Waals surface area contributed by atoms with Gasteiger partial charge in [-0.15, -0.1) is 0 Å². The van der Waals surface area contributed by atoms with Gasteiger partial charge in [0.05, 0.1) is 37.7 Å². The van der Waals surface area contributed by atoms with Crippen molar-refractivity contribution in [2.24, 2.45) is 0 Å². The molecule has 0 aliphatic carbocycles. The summed E-state index contributed by atoms with van der Waals surface area (Å²) in [6.45, 7) is 3.45. The van der Waals surface area contributed by atoms with Crippen LogP contribution in [0.2, 0.25) is 0 Å². The average Bonchev–Trinajstić information content (AvgIpc) is 2.62. The molecule has 134 valence electrons. The zero-order chi connectivity index (χ0) is 16.8. The summed E-state index contributed by atoms with van der Waals surface area (Å²) >= 11 is 0. The minimum Gasteiger partial charge on any atom is -0.394 e. The zero-order valence-corrected chi connectivity index (χ0v) is 14.0. The van der Waals surface area contributed by atoms with Crippen molar-refractivity contribution in [2.45, 2.75) is 37.5 Å². The monoisotopic (exact) mass is 338 g/mol. The highest BCUT2D eigenvalue weighted by molar-refractivity contribution is 5.47. The highest BCUT2D eigenvalue weighted by Crippen LogP contribution is 2.23. The third-order valence-corrected chi connectivity index (χ3v) is 4.85. The van der Waals surface area contributed by atoms with Crippen molar-refractivity contribution in [3.8, 4) is 0 Å². The van der Waals surface area contributed by atoms with E-state index >= 15 is 0 Å². The van der Waals surface area contributed by atoms with Crippen molar-refractivity contribution in [2.75, 3.05) is 44.4 Å². The summed E-state index contributed by atoms with van der Waals surface area (Å²) in [7, 11) is 0. The van der Waals surface area contributed by atoms with Crippen LogP contribution in [-0.4, -0.2) is 62.8 Å². The minimum absolute atomic E-state index is 0.0467. The highest BCUT2D eigenvalue weighted by Gasteiger charge is 2.30. The number of ether oxygens (including phenoxy) is 2. The molecule has 2 atom stereocenters. The SMILES string of the molecule is OCCO[C@@H]1CCOC[C@@H]1NC1CCN(c2ccccc2F)CC1. The van der Waals surface area contributed by atoms with E-state index in [9.17, 15) is 4.39 Å². The summed E-state index contributed by atoms with van der Waals surface area (Å²) in [6, 6.07) is 7.52. The molecule has 5 nitrogen and oxygen atoms in total. The lowest BCUT2D eigenvalue weighted by Gasteiger charge is -2.39. The molecule has 2 N–H and O–H groups in total. The lowest BCUT2D eigenvalue weighted by Crippen LogP contribution is -2.54. The smallest absolute Gasteiger partial charge is 0.146 e. The first kappa shape index (κ1) is 17.6. The number of aliphatic hydroxyl groups is 1. The number of nitrogens with zero attached hydrogens (tertiary/aromatic N) is 1. The van der Waals surface area contributed by atoms with E-state index in [2.05, 4.69) is 10.2 Å². The number of nitrogens with one attached hydrogen (secondary N) is 1. The molecule has 3 rings (SSSR count). The number of rotatable bonds is 6. The topological polar surface area (TPSA) is 54.0 Å². The van der Waals surface area contributed by atoms with E-state index in [0.717, 1.165) is 32.4 Å². The molecule has 0 radical (unpaired) electrons. The molecule has 0 unspecified atom stereocenters. The molecule has 2 aliphatic rings. The van der Waals surface area contributed by atoms with Crippen molar-refractivity contribution in [3.05, 3.63) is 30.1 Å². The average molecular weight is 338 g/mol. The molecule has 0 saturated carbocycles. The maximum absolute atomic E-state index is 13.9. The van der Waals surface area contributed by atoms with Crippen LogP contribution in [0, 0.1) is 5.82 Å². The molecule has 0 bridgehead atoms. The van der Waals surface area contributed by atoms with Gasteiger partial charge >= 0.3 is 0 Å². The van der Waals surface area contributed by atoms with Gasteiger partial charge in [-0.2, -0.15) is 0 Å². The van der Waals surface area contributed by atoms with Crippen molar-refractivity contribution in [3.63, 3.8) is 0 Å². The molecule has 1 aromatic carbocycles. The van der Waals surface area contributed by atoms with E-state index < -0.39 is 0 Å². The van der Waals surface area contributed by atoms with Gasteiger partial charge in [0.1, 0.15) is 5.82 Å². The Morgan fingerprint density at radius 3 is 2.79 bits per heavy atom. The predicted molar refractivity (Wildman–Crippen MR) is 90.8 cm³/mol. The molecule has 2 saturated heterocycles. The second kappa shape index (κ2) is 8.76. The van der Waals surface area contributed by atoms with Crippen molar-refractivity contribution in [1.29, 1.82) is 0 Å². The van der Waals surface area contributed by atoms with E-state index in [1.54, 1.807) is 6.07 Å². The predicted octanol–water partition coefficient (Wildman–Crippen LogP) is 1.55. The summed E-state index contributed by atoms with van der Waals surface area (Å²) in [5.74, 6) is -0.151.